The van der Waals surface area contributed by atoms with Crippen LogP contribution in [0.5, 0.6) is 0 Å². The lowest BCUT2D eigenvalue weighted by atomic mass is 9.70. The molecule has 8 aromatic carbocycles. The maximum Gasteiger partial charge on any atom is 0.0726 e. The Balaban J connectivity index is 1.01. The molecule has 0 bridgehead atoms. The highest BCUT2D eigenvalue weighted by Gasteiger charge is 2.51. The molecule has 1 spiro atoms. The first-order valence-corrected chi connectivity index (χ1v) is 18.5. The lowest BCUT2D eigenvalue weighted by Crippen LogP contribution is -2.26. The van der Waals surface area contributed by atoms with Crippen molar-refractivity contribution in [2.24, 2.45) is 0 Å². The van der Waals surface area contributed by atoms with Crippen molar-refractivity contribution in [3.05, 3.63) is 220 Å². The van der Waals surface area contributed by atoms with Gasteiger partial charge in [-0.2, -0.15) is 0 Å². The molecule has 0 saturated carbocycles. The van der Waals surface area contributed by atoms with Crippen LogP contribution in [0.3, 0.4) is 0 Å². The predicted molar refractivity (Wildman–Crippen MR) is 223 cm³/mol. The fourth-order valence-electron chi connectivity index (χ4n) is 9.29. The minimum atomic E-state index is -2.06. The fourth-order valence-corrected chi connectivity index (χ4v) is 9.29. The summed E-state index contributed by atoms with van der Waals surface area (Å²) in [4.78, 5) is 2.24. The topological polar surface area (TPSA) is 3.24 Å². The summed E-state index contributed by atoms with van der Waals surface area (Å²) in [5, 5.41) is 0. The monoisotopic (exact) mass is 695 g/mol. The molecule has 0 aromatic heterocycles. The van der Waals surface area contributed by atoms with E-state index in [1.807, 2.05) is 36.4 Å². The van der Waals surface area contributed by atoms with E-state index in [0.717, 1.165) is 39.3 Å². The lowest BCUT2D eigenvalue weighted by Gasteiger charge is -2.32. The van der Waals surface area contributed by atoms with Crippen LogP contribution in [0.2, 0.25) is 0 Å². The first kappa shape index (κ1) is 23.3. The van der Waals surface area contributed by atoms with Gasteiger partial charge < -0.3 is 4.90 Å². The summed E-state index contributed by atoms with van der Waals surface area (Å²) >= 11 is 0. The third-order valence-corrected chi connectivity index (χ3v) is 11.9. The van der Waals surface area contributed by atoms with Gasteiger partial charge in [0.2, 0.25) is 0 Å². The van der Waals surface area contributed by atoms with Gasteiger partial charge in [0.05, 0.1) is 5.41 Å². The summed E-state index contributed by atoms with van der Waals surface area (Å²) in [5.74, 6) is 0. The van der Waals surface area contributed by atoms with Crippen molar-refractivity contribution < 1.29 is 11.0 Å². The quantitative estimate of drug-likeness (QED) is 0.173. The lowest BCUT2D eigenvalue weighted by molar-refractivity contribution is 0.793. The normalized spacial score (nSPS) is 20.4. The minimum absolute atomic E-state index is 0.386. The van der Waals surface area contributed by atoms with Gasteiger partial charge in [-0.1, -0.05) is 140 Å². The van der Waals surface area contributed by atoms with Gasteiger partial charge in [0.25, 0.3) is 0 Å². The van der Waals surface area contributed by atoms with Crippen LogP contribution in [0.1, 0.15) is 55.5 Å². The van der Waals surface area contributed by atoms with Crippen LogP contribution >= 0.6 is 0 Å². The van der Waals surface area contributed by atoms with Crippen LogP contribution in [-0.4, -0.2) is 0 Å². The molecule has 0 saturated heterocycles. The molecule has 12 rings (SSSR count). The number of hydrogen-bond donors (Lipinski definition) is 0. The van der Waals surface area contributed by atoms with Crippen LogP contribution in [0.15, 0.2) is 176 Å². The standard InChI is InChI=1S/C53H37N/c1-4-10-49-45(7-1)46-8-2-5-11-50(46)53(49)51-12-6-3-9-47(51)48-30-29-44(33-52(48)53)54(42-25-21-36(22-26-42)40-19-15-34-13-17-38(34)31-40)43-27-23-37(24-28-43)41-20-16-35-14-18-39(35)32-41/h1-12,15-16,19-33H,13-14,17-18H2/i13D2,14D2,17D2,18D2. The zero-order chi connectivity index (χ0) is 42.6. The molecular weight excluding hydrogens is 651 g/mol. The summed E-state index contributed by atoms with van der Waals surface area (Å²) in [7, 11) is 0. The van der Waals surface area contributed by atoms with Gasteiger partial charge in [0.15, 0.2) is 0 Å². The van der Waals surface area contributed by atoms with Crippen LogP contribution < -0.4 is 4.90 Å². The third kappa shape index (κ3) is 4.15. The van der Waals surface area contributed by atoms with Crippen molar-refractivity contribution in [3.8, 4) is 44.5 Å². The molecule has 54 heavy (non-hydrogen) atoms. The molecule has 1 nitrogen and oxygen atoms in total. The summed E-state index contributed by atoms with van der Waals surface area (Å²) in [6.07, 6.45) is -8.17. The van der Waals surface area contributed by atoms with Crippen molar-refractivity contribution >= 4 is 17.1 Å². The second kappa shape index (κ2) is 11.3. The second-order valence-corrected chi connectivity index (χ2v) is 14.6. The molecule has 0 radical (unpaired) electrons. The predicted octanol–water partition coefficient (Wildman–Crippen LogP) is 13.0. The van der Waals surface area contributed by atoms with Gasteiger partial charge in [-0.15, -0.1) is 0 Å². The Morgan fingerprint density at radius 3 is 1.20 bits per heavy atom. The van der Waals surface area contributed by atoms with E-state index in [1.54, 1.807) is 24.3 Å². The van der Waals surface area contributed by atoms with E-state index in [-0.39, 0.29) is 0 Å². The van der Waals surface area contributed by atoms with Crippen molar-refractivity contribution in [2.45, 2.75) is 30.9 Å². The van der Waals surface area contributed by atoms with E-state index >= 15 is 0 Å². The average molecular weight is 696 g/mol. The molecule has 0 fully saturated rings. The SMILES string of the molecule is [2H]C1([2H])c2ccc(-c3ccc(N(c4ccc(-c5ccc6c(c5)C([2H])([2H])C6([2H])[2H])cc4)c4ccc5c(c4)C4(c6ccccc6-c6ccccc64)c4ccccc4-5)cc3)cc2C1([2H])[2H]. The first-order valence-electron chi connectivity index (χ1n) is 22.5. The van der Waals surface area contributed by atoms with Crippen molar-refractivity contribution in [1.82, 2.24) is 0 Å². The van der Waals surface area contributed by atoms with Gasteiger partial charge in [-0.05, 0) is 151 Å². The molecule has 0 amide bonds. The van der Waals surface area contributed by atoms with Gasteiger partial charge in [0.1, 0.15) is 0 Å². The Labute approximate surface area is 328 Å². The average Bonchev–Trinajstić information content (AvgIpc) is 3.76. The van der Waals surface area contributed by atoms with E-state index in [2.05, 4.69) is 120 Å². The number of benzene rings is 8. The highest BCUT2D eigenvalue weighted by atomic mass is 15.1. The van der Waals surface area contributed by atoms with Gasteiger partial charge in [0, 0.05) is 28.0 Å². The largest absolute Gasteiger partial charge is 0.310 e. The Hall–Kier alpha value is -6.44. The Morgan fingerprint density at radius 1 is 0.333 bits per heavy atom. The first-order chi connectivity index (χ1) is 29.8. The van der Waals surface area contributed by atoms with Gasteiger partial charge >= 0.3 is 0 Å². The molecule has 1 heteroatoms. The van der Waals surface area contributed by atoms with E-state index in [4.69, 9.17) is 11.0 Å². The summed E-state index contributed by atoms with van der Waals surface area (Å²) in [6.45, 7) is 0. The maximum atomic E-state index is 8.41. The van der Waals surface area contributed by atoms with E-state index in [0.29, 0.717) is 22.3 Å². The highest BCUT2D eigenvalue weighted by Crippen LogP contribution is 2.63. The van der Waals surface area contributed by atoms with Crippen LogP contribution in [0.25, 0.3) is 44.5 Å². The van der Waals surface area contributed by atoms with Crippen LogP contribution in [0, 0.1) is 0 Å². The Bertz CT molecular complexity index is 3020. The zero-order valence-corrected chi connectivity index (χ0v) is 29.2. The minimum Gasteiger partial charge on any atom is -0.310 e. The molecule has 4 aliphatic rings. The number of rotatable bonds is 5. The molecule has 0 aliphatic heterocycles. The summed E-state index contributed by atoms with van der Waals surface area (Å²) in [5.41, 5.74) is 17.1. The Morgan fingerprint density at radius 2 is 0.722 bits per heavy atom. The van der Waals surface area contributed by atoms with Crippen molar-refractivity contribution in [2.75, 3.05) is 4.90 Å². The third-order valence-electron chi connectivity index (χ3n) is 11.9. The van der Waals surface area contributed by atoms with Crippen LogP contribution in [0.4, 0.5) is 17.1 Å². The molecule has 254 valence electrons. The Kier molecular flexibility index (Phi) is 4.86. The van der Waals surface area contributed by atoms with E-state index < -0.39 is 30.9 Å². The van der Waals surface area contributed by atoms with Crippen molar-refractivity contribution in [1.29, 1.82) is 0 Å². The summed E-state index contributed by atoms with van der Waals surface area (Å²) < 4.78 is 66.6. The zero-order valence-electron chi connectivity index (χ0n) is 37.2. The fraction of sp³-hybridized carbons (Fsp3) is 0.0943. The van der Waals surface area contributed by atoms with Gasteiger partial charge in [-0.3, -0.25) is 0 Å². The maximum absolute atomic E-state index is 8.41. The van der Waals surface area contributed by atoms with E-state index in [9.17, 15) is 0 Å². The molecule has 0 N–H and O–H groups in total. The smallest absolute Gasteiger partial charge is 0.0726 e. The molecule has 0 atom stereocenters. The number of anilines is 3. The second-order valence-electron chi connectivity index (χ2n) is 14.6. The molecular formula is C53H37N. The number of aryl methyl sites for hydroxylation is 4. The molecule has 8 aromatic rings. The molecule has 4 aliphatic carbocycles. The van der Waals surface area contributed by atoms with Crippen LogP contribution in [-0.2, 0) is 30.9 Å². The van der Waals surface area contributed by atoms with Crippen molar-refractivity contribution in [3.63, 3.8) is 0 Å². The van der Waals surface area contributed by atoms with Gasteiger partial charge in [-0.25, -0.2) is 0 Å². The molecule has 0 unspecified atom stereocenters. The number of nitrogens with zero attached hydrogens (tertiary/aromatic N) is 1. The number of fused-ring (bicyclic) bond motifs is 12. The molecule has 0 heterocycles. The number of hydrogen-bond acceptors (Lipinski definition) is 1. The summed E-state index contributed by atoms with van der Waals surface area (Å²) in [6, 6.07) is 60.1. The highest BCUT2D eigenvalue weighted by molar-refractivity contribution is 5.96. The van der Waals surface area contributed by atoms with E-state index in [1.165, 1.54) is 44.5 Å².